The summed E-state index contributed by atoms with van der Waals surface area (Å²) >= 11 is 0. The molecule has 0 unspecified atom stereocenters. The van der Waals surface area contributed by atoms with Crippen molar-refractivity contribution in [1.82, 2.24) is 14.4 Å². The Balaban J connectivity index is 2.45. The van der Waals surface area contributed by atoms with Crippen LogP contribution in [0.1, 0.15) is 12.6 Å². The number of nitrogens with zero attached hydrogens (tertiary/aromatic N) is 4. The first-order chi connectivity index (χ1) is 8.83. The number of hydrogen-bond acceptors (Lipinski definition) is 4. The third kappa shape index (κ3) is 1.47. The van der Waals surface area contributed by atoms with E-state index in [1.54, 1.807) is 6.20 Å². The second kappa shape index (κ2) is 4.00. The predicted octanol–water partition coefficient (Wildman–Crippen LogP) is 2.19. The highest BCUT2D eigenvalue weighted by molar-refractivity contribution is 5.83. The molecule has 0 aliphatic heterocycles. The zero-order valence-corrected chi connectivity index (χ0v) is 9.88. The van der Waals surface area contributed by atoms with Crippen LogP contribution in [-0.2, 0) is 0 Å². The van der Waals surface area contributed by atoms with Crippen molar-refractivity contribution in [3.8, 4) is 6.07 Å². The Morgan fingerprint density at radius 3 is 2.94 bits per heavy atom. The van der Waals surface area contributed by atoms with E-state index in [9.17, 15) is 0 Å². The zero-order chi connectivity index (χ0) is 12.5. The number of nitrogens with one attached hydrogen (secondary N) is 1. The lowest BCUT2D eigenvalue weighted by molar-refractivity contribution is 1.14. The second-order valence-electron chi connectivity index (χ2n) is 3.91. The summed E-state index contributed by atoms with van der Waals surface area (Å²) in [6, 6.07) is 9.87. The molecular weight excluding hydrogens is 226 g/mol. The predicted molar refractivity (Wildman–Crippen MR) is 69.4 cm³/mol. The van der Waals surface area contributed by atoms with Gasteiger partial charge in [-0.05, 0) is 19.1 Å². The van der Waals surface area contributed by atoms with Gasteiger partial charge in [0.2, 0.25) is 0 Å². The molecule has 3 aromatic rings. The molecule has 0 atom stereocenters. The Morgan fingerprint density at radius 2 is 2.17 bits per heavy atom. The summed E-state index contributed by atoms with van der Waals surface area (Å²) in [5, 5.41) is 12.1. The molecule has 88 valence electrons. The number of benzene rings is 1. The van der Waals surface area contributed by atoms with Crippen LogP contribution in [-0.4, -0.2) is 20.9 Å². The van der Waals surface area contributed by atoms with Crippen LogP contribution >= 0.6 is 0 Å². The maximum atomic E-state index is 8.96. The Morgan fingerprint density at radius 1 is 1.33 bits per heavy atom. The lowest BCUT2D eigenvalue weighted by atomic mass is 10.3. The van der Waals surface area contributed by atoms with Crippen molar-refractivity contribution >= 4 is 22.5 Å². The minimum absolute atomic E-state index is 0.396. The number of aromatic nitrogens is 3. The van der Waals surface area contributed by atoms with Crippen molar-refractivity contribution < 1.29 is 0 Å². The summed E-state index contributed by atoms with van der Waals surface area (Å²) in [6.45, 7) is 2.76. The molecule has 5 heteroatoms. The van der Waals surface area contributed by atoms with Gasteiger partial charge < -0.3 is 5.32 Å². The van der Waals surface area contributed by atoms with Crippen LogP contribution in [0.4, 0.5) is 5.82 Å². The minimum atomic E-state index is 0.396. The van der Waals surface area contributed by atoms with Gasteiger partial charge in [0.05, 0.1) is 11.0 Å². The molecule has 0 spiro atoms. The van der Waals surface area contributed by atoms with Crippen molar-refractivity contribution in [2.75, 3.05) is 11.9 Å². The van der Waals surface area contributed by atoms with Gasteiger partial charge in [0.15, 0.2) is 17.2 Å². The van der Waals surface area contributed by atoms with Crippen molar-refractivity contribution in [2.45, 2.75) is 6.92 Å². The van der Waals surface area contributed by atoms with Gasteiger partial charge in [0.1, 0.15) is 6.07 Å². The third-order valence-corrected chi connectivity index (χ3v) is 2.75. The molecule has 2 heterocycles. The maximum absolute atomic E-state index is 8.96. The van der Waals surface area contributed by atoms with Crippen LogP contribution in [0.25, 0.3) is 16.7 Å². The molecule has 0 aliphatic rings. The molecule has 3 rings (SSSR count). The number of hydrogen-bond donors (Lipinski definition) is 1. The van der Waals surface area contributed by atoms with E-state index in [-0.39, 0.29) is 0 Å². The summed E-state index contributed by atoms with van der Waals surface area (Å²) in [5.41, 5.74) is 2.91. The van der Waals surface area contributed by atoms with Crippen LogP contribution in [0.2, 0.25) is 0 Å². The van der Waals surface area contributed by atoms with Crippen LogP contribution < -0.4 is 5.32 Å². The fourth-order valence-electron chi connectivity index (χ4n) is 2.00. The van der Waals surface area contributed by atoms with Gasteiger partial charge in [-0.1, -0.05) is 12.1 Å². The second-order valence-corrected chi connectivity index (χ2v) is 3.91. The topological polar surface area (TPSA) is 66.0 Å². The summed E-state index contributed by atoms with van der Waals surface area (Å²) < 4.78 is 1.90. The molecular formula is C13H11N5. The summed E-state index contributed by atoms with van der Waals surface area (Å²) in [5.74, 6) is 0.706. The normalized spacial score (nSPS) is 10.7. The van der Waals surface area contributed by atoms with E-state index in [0.717, 1.165) is 17.6 Å². The van der Waals surface area contributed by atoms with E-state index >= 15 is 0 Å². The lowest BCUT2D eigenvalue weighted by Crippen LogP contribution is -2.03. The fraction of sp³-hybridized carbons (Fsp3) is 0.154. The highest BCUT2D eigenvalue weighted by Gasteiger charge is 2.10. The first kappa shape index (κ1) is 10.5. The largest absolute Gasteiger partial charge is 0.367 e. The van der Waals surface area contributed by atoms with Gasteiger partial charge in [0, 0.05) is 12.7 Å². The van der Waals surface area contributed by atoms with Crippen LogP contribution in [0.15, 0.2) is 30.5 Å². The van der Waals surface area contributed by atoms with Gasteiger partial charge >= 0.3 is 0 Å². The lowest BCUT2D eigenvalue weighted by Gasteiger charge is -2.07. The van der Waals surface area contributed by atoms with E-state index in [4.69, 9.17) is 5.26 Å². The molecule has 2 aromatic heterocycles. The standard InChI is InChI=1S/C13H11N5/c1-2-15-12-13-16-9(7-14)8-18(13)11-6-4-3-5-10(11)17-12/h3-6,8H,2H2,1H3,(H,15,17). The number of para-hydroxylation sites is 2. The Bertz CT molecular complexity index is 766. The summed E-state index contributed by atoms with van der Waals surface area (Å²) in [4.78, 5) is 8.81. The molecule has 0 saturated carbocycles. The van der Waals surface area contributed by atoms with Crippen LogP contribution in [0.5, 0.6) is 0 Å². The van der Waals surface area contributed by atoms with E-state index in [1.165, 1.54) is 0 Å². The molecule has 0 saturated heterocycles. The molecule has 0 amide bonds. The number of anilines is 1. The van der Waals surface area contributed by atoms with Crippen molar-refractivity contribution in [3.63, 3.8) is 0 Å². The highest BCUT2D eigenvalue weighted by atomic mass is 15.1. The molecule has 0 bridgehead atoms. The van der Waals surface area contributed by atoms with Gasteiger partial charge in [-0.3, -0.25) is 4.40 Å². The van der Waals surface area contributed by atoms with E-state index in [2.05, 4.69) is 21.4 Å². The zero-order valence-electron chi connectivity index (χ0n) is 9.88. The van der Waals surface area contributed by atoms with Gasteiger partial charge in [-0.2, -0.15) is 5.26 Å². The van der Waals surface area contributed by atoms with Gasteiger partial charge in [-0.15, -0.1) is 0 Å². The number of rotatable bonds is 2. The third-order valence-electron chi connectivity index (χ3n) is 2.75. The van der Waals surface area contributed by atoms with E-state index in [1.807, 2.05) is 35.6 Å². The molecule has 0 aliphatic carbocycles. The average molecular weight is 237 g/mol. The quantitative estimate of drug-likeness (QED) is 0.742. The molecule has 0 fully saturated rings. The molecule has 5 nitrogen and oxygen atoms in total. The minimum Gasteiger partial charge on any atom is -0.367 e. The number of fused-ring (bicyclic) bond motifs is 3. The van der Waals surface area contributed by atoms with Crippen molar-refractivity contribution in [1.29, 1.82) is 5.26 Å². The van der Waals surface area contributed by atoms with Crippen molar-refractivity contribution in [3.05, 3.63) is 36.2 Å². The Hall–Kier alpha value is -2.61. The molecule has 18 heavy (non-hydrogen) atoms. The molecule has 1 N–H and O–H groups in total. The molecule has 0 radical (unpaired) electrons. The first-order valence-electron chi connectivity index (χ1n) is 5.75. The SMILES string of the molecule is CCNc1nc2ccccc2n2cc(C#N)nc12. The number of nitriles is 1. The average Bonchev–Trinajstić information content (AvgIpc) is 2.84. The maximum Gasteiger partial charge on any atom is 0.181 e. The fourth-order valence-corrected chi connectivity index (χ4v) is 2.00. The first-order valence-corrected chi connectivity index (χ1v) is 5.75. The van der Waals surface area contributed by atoms with Crippen LogP contribution in [0, 0.1) is 11.3 Å². The number of imidazole rings is 1. The van der Waals surface area contributed by atoms with E-state index < -0.39 is 0 Å². The highest BCUT2D eigenvalue weighted by Crippen LogP contribution is 2.21. The Kier molecular flexibility index (Phi) is 2.34. The van der Waals surface area contributed by atoms with E-state index in [0.29, 0.717) is 17.2 Å². The summed E-state index contributed by atoms with van der Waals surface area (Å²) in [7, 11) is 0. The van der Waals surface area contributed by atoms with Crippen LogP contribution in [0.3, 0.4) is 0 Å². The monoisotopic (exact) mass is 237 g/mol. The Labute approximate surface area is 104 Å². The van der Waals surface area contributed by atoms with Gasteiger partial charge in [-0.25, -0.2) is 9.97 Å². The van der Waals surface area contributed by atoms with Gasteiger partial charge in [0.25, 0.3) is 0 Å². The summed E-state index contributed by atoms with van der Waals surface area (Å²) in [6.07, 6.45) is 1.74. The molecule has 1 aromatic carbocycles. The van der Waals surface area contributed by atoms with Crippen molar-refractivity contribution in [2.24, 2.45) is 0 Å². The smallest absolute Gasteiger partial charge is 0.181 e.